The van der Waals surface area contributed by atoms with Crippen LogP contribution in [0.4, 0.5) is 4.39 Å². The van der Waals surface area contributed by atoms with Crippen LogP contribution in [0.2, 0.25) is 0 Å². The van der Waals surface area contributed by atoms with Gasteiger partial charge in [-0.25, -0.2) is 12.8 Å². The number of carbonyl (C=O) groups is 1. The number of sulfone groups is 1. The monoisotopic (exact) mass is 313 g/mol. The van der Waals surface area contributed by atoms with E-state index >= 15 is 0 Å². The zero-order valence-electron chi connectivity index (χ0n) is 12.1. The first-order chi connectivity index (χ1) is 9.87. The molecular weight excluding hydrogens is 293 g/mol. The number of benzene rings is 1. The number of hydrogen-bond acceptors (Lipinski definition) is 3. The SMILES string of the molecule is CS(=O)(=O)CCC(=O)N1CCCCC1c1ccc(F)cc1. The highest BCUT2D eigenvalue weighted by Gasteiger charge is 2.28. The summed E-state index contributed by atoms with van der Waals surface area (Å²) < 4.78 is 35.4. The maximum Gasteiger partial charge on any atom is 0.224 e. The Kier molecular flexibility index (Phi) is 4.98. The van der Waals surface area contributed by atoms with E-state index in [1.54, 1.807) is 17.0 Å². The van der Waals surface area contributed by atoms with Gasteiger partial charge in [0.05, 0.1) is 11.8 Å². The highest BCUT2D eigenvalue weighted by Crippen LogP contribution is 2.31. The Morgan fingerprint density at radius 1 is 1.29 bits per heavy atom. The molecule has 116 valence electrons. The normalized spacial score (nSPS) is 19.5. The molecule has 1 unspecified atom stereocenters. The highest BCUT2D eigenvalue weighted by atomic mass is 32.2. The molecule has 1 saturated heterocycles. The van der Waals surface area contributed by atoms with Crippen molar-refractivity contribution in [2.24, 2.45) is 0 Å². The van der Waals surface area contributed by atoms with Crippen molar-refractivity contribution in [3.8, 4) is 0 Å². The summed E-state index contributed by atoms with van der Waals surface area (Å²) in [6, 6.07) is 6.10. The molecule has 1 aliphatic heterocycles. The van der Waals surface area contributed by atoms with Gasteiger partial charge < -0.3 is 4.90 Å². The Bertz CT molecular complexity index is 598. The van der Waals surface area contributed by atoms with Gasteiger partial charge in [0.1, 0.15) is 15.7 Å². The molecule has 6 heteroatoms. The Morgan fingerprint density at radius 3 is 2.57 bits per heavy atom. The van der Waals surface area contributed by atoms with Gasteiger partial charge in [0.25, 0.3) is 0 Å². The Morgan fingerprint density at radius 2 is 1.95 bits per heavy atom. The van der Waals surface area contributed by atoms with Crippen LogP contribution in [-0.2, 0) is 14.6 Å². The molecular formula is C15H20FNO3S. The Balaban J connectivity index is 2.11. The van der Waals surface area contributed by atoms with E-state index in [2.05, 4.69) is 0 Å². The topological polar surface area (TPSA) is 54.5 Å². The van der Waals surface area contributed by atoms with Crippen molar-refractivity contribution in [1.82, 2.24) is 4.90 Å². The van der Waals surface area contributed by atoms with Crippen LogP contribution in [0.25, 0.3) is 0 Å². The summed E-state index contributed by atoms with van der Waals surface area (Å²) in [6.45, 7) is 0.630. The van der Waals surface area contributed by atoms with Crippen LogP contribution in [-0.4, -0.2) is 37.8 Å². The van der Waals surface area contributed by atoms with Crippen LogP contribution in [0.1, 0.15) is 37.3 Å². The predicted octanol–water partition coefficient (Wildman–Crippen LogP) is 2.31. The van der Waals surface area contributed by atoms with Crippen molar-refractivity contribution < 1.29 is 17.6 Å². The van der Waals surface area contributed by atoms with E-state index in [0.29, 0.717) is 6.54 Å². The first kappa shape index (κ1) is 15.9. The average Bonchev–Trinajstić information content (AvgIpc) is 2.45. The van der Waals surface area contributed by atoms with Gasteiger partial charge in [-0.3, -0.25) is 4.79 Å². The van der Waals surface area contributed by atoms with Crippen molar-refractivity contribution in [2.75, 3.05) is 18.6 Å². The van der Waals surface area contributed by atoms with Crippen LogP contribution in [0.3, 0.4) is 0 Å². The molecule has 1 atom stereocenters. The summed E-state index contributed by atoms with van der Waals surface area (Å²) >= 11 is 0. The number of nitrogens with zero attached hydrogens (tertiary/aromatic N) is 1. The van der Waals surface area contributed by atoms with Gasteiger partial charge in [0.15, 0.2) is 0 Å². The third-order valence-corrected chi connectivity index (χ3v) is 4.71. The van der Waals surface area contributed by atoms with Crippen molar-refractivity contribution in [3.63, 3.8) is 0 Å². The average molecular weight is 313 g/mol. The Hall–Kier alpha value is -1.43. The summed E-state index contributed by atoms with van der Waals surface area (Å²) in [4.78, 5) is 14.0. The van der Waals surface area contributed by atoms with Gasteiger partial charge >= 0.3 is 0 Å². The minimum atomic E-state index is -3.14. The summed E-state index contributed by atoms with van der Waals surface area (Å²) in [5.74, 6) is -0.572. The van der Waals surface area contributed by atoms with E-state index in [0.717, 1.165) is 31.1 Å². The summed E-state index contributed by atoms with van der Waals surface area (Å²) in [5.41, 5.74) is 0.906. The maximum absolute atomic E-state index is 13.0. The first-order valence-corrected chi connectivity index (χ1v) is 9.15. The third-order valence-electron chi connectivity index (χ3n) is 3.76. The van der Waals surface area contributed by atoms with Gasteiger partial charge in [-0.2, -0.15) is 0 Å². The predicted molar refractivity (Wildman–Crippen MR) is 79.0 cm³/mol. The molecule has 0 aliphatic carbocycles. The molecule has 21 heavy (non-hydrogen) atoms. The maximum atomic E-state index is 13.0. The lowest BCUT2D eigenvalue weighted by atomic mass is 9.95. The number of likely N-dealkylation sites (tertiary alicyclic amines) is 1. The smallest absolute Gasteiger partial charge is 0.224 e. The second-order valence-corrected chi connectivity index (χ2v) is 7.79. The van der Waals surface area contributed by atoms with Crippen molar-refractivity contribution >= 4 is 15.7 Å². The lowest BCUT2D eigenvalue weighted by molar-refractivity contribution is -0.134. The number of piperidine rings is 1. The molecule has 0 bridgehead atoms. The fraction of sp³-hybridized carbons (Fsp3) is 0.533. The largest absolute Gasteiger partial charge is 0.336 e. The van der Waals surface area contributed by atoms with Crippen molar-refractivity contribution in [2.45, 2.75) is 31.7 Å². The molecule has 2 rings (SSSR count). The van der Waals surface area contributed by atoms with Crippen LogP contribution in [0.15, 0.2) is 24.3 Å². The second-order valence-electron chi connectivity index (χ2n) is 5.53. The molecule has 0 spiro atoms. The molecule has 1 aromatic carbocycles. The quantitative estimate of drug-likeness (QED) is 0.857. The molecule has 0 saturated carbocycles. The van der Waals surface area contributed by atoms with Crippen molar-refractivity contribution in [1.29, 1.82) is 0 Å². The van der Waals surface area contributed by atoms with Crippen LogP contribution in [0.5, 0.6) is 0 Å². The lowest BCUT2D eigenvalue weighted by Crippen LogP contribution is -2.39. The van der Waals surface area contributed by atoms with Crippen LogP contribution < -0.4 is 0 Å². The lowest BCUT2D eigenvalue weighted by Gasteiger charge is -2.36. The van der Waals surface area contributed by atoms with Crippen LogP contribution >= 0.6 is 0 Å². The van der Waals surface area contributed by atoms with E-state index in [4.69, 9.17) is 0 Å². The van der Waals surface area contributed by atoms with Gasteiger partial charge in [-0.05, 0) is 37.0 Å². The second kappa shape index (κ2) is 6.56. The third kappa shape index (κ3) is 4.52. The minimum absolute atomic E-state index is 0.0104. The number of rotatable bonds is 4. The van der Waals surface area contributed by atoms with E-state index in [-0.39, 0.29) is 29.9 Å². The van der Waals surface area contributed by atoms with Gasteiger partial charge in [0.2, 0.25) is 5.91 Å². The minimum Gasteiger partial charge on any atom is -0.336 e. The summed E-state index contributed by atoms with van der Waals surface area (Å²) in [6.07, 6.45) is 3.90. The number of hydrogen-bond donors (Lipinski definition) is 0. The molecule has 1 aliphatic rings. The molecule has 1 fully saturated rings. The zero-order chi connectivity index (χ0) is 15.5. The van der Waals surface area contributed by atoms with E-state index in [9.17, 15) is 17.6 Å². The number of halogens is 1. The van der Waals surface area contributed by atoms with E-state index in [1.165, 1.54) is 12.1 Å². The van der Waals surface area contributed by atoms with Gasteiger partial charge in [0, 0.05) is 19.2 Å². The molecule has 1 heterocycles. The summed E-state index contributed by atoms with van der Waals surface area (Å²) in [5, 5.41) is 0. The fourth-order valence-electron chi connectivity index (χ4n) is 2.68. The molecule has 0 radical (unpaired) electrons. The number of amides is 1. The standard InChI is InChI=1S/C15H20FNO3S/c1-21(19,20)11-9-15(18)17-10-3-2-4-14(17)12-5-7-13(16)8-6-12/h5-8,14H,2-4,9-11H2,1H3. The Labute approximate surface area is 124 Å². The highest BCUT2D eigenvalue weighted by molar-refractivity contribution is 7.90. The molecule has 0 aromatic heterocycles. The van der Waals surface area contributed by atoms with Crippen molar-refractivity contribution in [3.05, 3.63) is 35.6 Å². The first-order valence-electron chi connectivity index (χ1n) is 7.09. The zero-order valence-corrected chi connectivity index (χ0v) is 12.9. The van der Waals surface area contributed by atoms with Gasteiger partial charge in [-0.1, -0.05) is 12.1 Å². The molecule has 0 N–H and O–H groups in total. The van der Waals surface area contributed by atoms with Crippen LogP contribution in [0, 0.1) is 5.82 Å². The van der Waals surface area contributed by atoms with Gasteiger partial charge in [-0.15, -0.1) is 0 Å². The van der Waals surface area contributed by atoms with E-state index in [1.807, 2.05) is 0 Å². The fourth-order valence-corrected chi connectivity index (χ4v) is 3.22. The summed E-state index contributed by atoms with van der Waals surface area (Å²) in [7, 11) is -3.14. The number of carbonyl (C=O) groups excluding carboxylic acids is 1. The molecule has 4 nitrogen and oxygen atoms in total. The van der Waals surface area contributed by atoms with E-state index < -0.39 is 9.84 Å². The molecule has 1 amide bonds. The molecule has 1 aromatic rings.